The molecular formula is C27H44N4O3. The maximum atomic E-state index is 13.6. The molecule has 0 unspecified atom stereocenters. The SMILES string of the molecule is CC(C)C[C@H]1COc2ccccc2C(=O)N(C)CCCCCCN1C(=O)CN1CCN(C)CC1. The lowest BCUT2D eigenvalue weighted by molar-refractivity contribution is -0.136. The summed E-state index contributed by atoms with van der Waals surface area (Å²) in [6.45, 7) is 10.6. The fourth-order valence-electron chi connectivity index (χ4n) is 4.88. The molecule has 1 aromatic rings. The number of hydrogen-bond donors (Lipinski definition) is 0. The van der Waals surface area contributed by atoms with Gasteiger partial charge in [-0.2, -0.15) is 0 Å². The number of carbonyl (C=O) groups is 2. The van der Waals surface area contributed by atoms with Crippen LogP contribution in [0.5, 0.6) is 5.75 Å². The third-order valence-electron chi connectivity index (χ3n) is 7.00. The standard InChI is InChI=1S/C27H44N4O3/c1-22(2)19-23-21-34-25-12-8-7-11-24(25)27(33)29(4)13-9-5-6-10-14-31(23)26(32)20-30-17-15-28(3)16-18-30/h7-8,11-12,22-23H,5-6,9-10,13-21H2,1-4H3/t23-/m0/s1. The van der Waals surface area contributed by atoms with Gasteiger partial charge in [0, 0.05) is 46.3 Å². The number of likely N-dealkylation sites (N-methyl/N-ethyl adjacent to an activating group) is 1. The molecule has 0 radical (unpaired) electrons. The quantitative estimate of drug-likeness (QED) is 0.674. The highest BCUT2D eigenvalue weighted by Crippen LogP contribution is 2.23. The van der Waals surface area contributed by atoms with Crippen LogP contribution in [0.3, 0.4) is 0 Å². The van der Waals surface area contributed by atoms with Crippen LogP contribution < -0.4 is 4.74 Å². The normalized spacial score (nSPS) is 22.3. The summed E-state index contributed by atoms with van der Waals surface area (Å²) in [6, 6.07) is 7.49. The number of benzene rings is 1. The van der Waals surface area contributed by atoms with Gasteiger partial charge < -0.3 is 19.4 Å². The summed E-state index contributed by atoms with van der Waals surface area (Å²) in [5.41, 5.74) is 0.598. The number of amides is 2. The lowest BCUT2D eigenvalue weighted by Crippen LogP contribution is -2.52. The van der Waals surface area contributed by atoms with Gasteiger partial charge in [-0.3, -0.25) is 14.5 Å². The fourth-order valence-corrected chi connectivity index (χ4v) is 4.88. The van der Waals surface area contributed by atoms with Crippen LogP contribution >= 0.6 is 0 Å². The fraction of sp³-hybridized carbons (Fsp3) is 0.704. The van der Waals surface area contributed by atoms with Crippen LogP contribution in [-0.4, -0.2) is 104 Å². The lowest BCUT2D eigenvalue weighted by Gasteiger charge is -2.37. The Morgan fingerprint density at radius 1 is 0.971 bits per heavy atom. The van der Waals surface area contributed by atoms with E-state index in [-0.39, 0.29) is 17.9 Å². The van der Waals surface area contributed by atoms with E-state index in [4.69, 9.17) is 4.74 Å². The Balaban J connectivity index is 1.80. The summed E-state index contributed by atoms with van der Waals surface area (Å²) in [6.07, 6.45) is 4.95. The van der Waals surface area contributed by atoms with Crippen molar-refractivity contribution in [2.75, 3.05) is 66.5 Å². The second-order valence-corrected chi connectivity index (χ2v) is 10.4. The predicted molar refractivity (Wildman–Crippen MR) is 136 cm³/mol. The summed E-state index contributed by atoms with van der Waals surface area (Å²) in [5, 5.41) is 0. The molecule has 34 heavy (non-hydrogen) atoms. The molecule has 0 bridgehead atoms. The van der Waals surface area contributed by atoms with Crippen molar-refractivity contribution >= 4 is 11.8 Å². The zero-order valence-corrected chi connectivity index (χ0v) is 21.7. The minimum Gasteiger partial charge on any atom is -0.491 e. The summed E-state index contributed by atoms with van der Waals surface area (Å²) >= 11 is 0. The molecular weight excluding hydrogens is 428 g/mol. The van der Waals surface area contributed by atoms with E-state index in [0.717, 1.165) is 71.4 Å². The highest BCUT2D eigenvalue weighted by molar-refractivity contribution is 5.96. The molecule has 2 aliphatic rings. The molecule has 0 aromatic heterocycles. The first-order valence-electron chi connectivity index (χ1n) is 13.0. The Bertz CT molecular complexity index is 792. The lowest BCUT2D eigenvalue weighted by atomic mass is 10.0. The Labute approximate surface area is 206 Å². The Kier molecular flexibility index (Phi) is 10.2. The second-order valence-electron chi connectivity index (χ2n) is 10.4. The van der Waals surface area contributed by atoms with Gasteiger partial charge in [0.05, 0.1) is 18.2 Å². The first-order valence-corrected chi connectivity index (χ1v) is 13.0. The van der Waals surface area contributed by atoms with Gasteiger partial charge in [0.2, 0.25) is 5.91 Å². The van der Waals surface area contributed by atoms with Crippen LogP contribution in [-0.2, 0) is 4.79 Å². The van der Waals surface area contributed by atoms with Gasteiger partial charge in [0.15, 0.2) is 0 Å². The molecule has 2 amide bonds. The predicted octanol–water partition coefficient (Wildman–Crippen LogP) is 3.20. The Hall–Kier alpha value is -2.12. The molecule has 0 aliphatic carbocycles. The summed E-state index contributed by atoms with van der Waals surface area (Å²) < 4.78 is 6.29. The molecule has 2 heterocycles. The molecule has 7 nitrogen and oxygen atoms in total. The van der Waals surface area contributed by atoms with E-state index >= 15 is 0 Å². The first-order chi connectivity index (χ1) is 16.3. The van der Waals surface area contributed by atoms with Crippen molar-refractivity contribution in [1.82, 2.24) is 19.6 Å². The van der Waals surface area contributed by atoms with E-state index in [1.165, 1.54) is 0 Å². The van der Waals surface area contributed by atoms with E-state index in [1.807, 2.05) is 31.3 Å². The van der Waals surface area contributed by atoms with Crippen LogP contribution in [0.25, 0.3) is 0 Å². The molecule has 190 valence electrons. The van der Waals surface area contributed by atoms with E-state index in [2.05, 4.69) is 35.6 Å². The van der Waals surface area contributed by atoms with Gasteiger partial charge in [0.1, 0.15) is 12.4 Å². The van der Waals surface area contributed by atoms with Gasteiger partial charge in [-0.05, 0) is 44.4 Å². The number of nitrogens with zero attached hydrogens (tertiary/aromatic N) is 4. The van der Waals surface area contributed by atoms with Gasteiger partial charge in [-0.15, -0.1) is 0 Å². The molecule has 1 saturated heterocycles. The molecule has 7 heteroatoms. The largest absolute Gasteiger partial charge is 0.491 e. The van der Waals surface area contributed by atoms with Gasteiger partial charge in [0.25, 0.3) is 5.91 Å². The number of hydrogen-bond acceptors (Lipinski definition) is 5. The van der Waals surface area contributed by atoms with Crippen molar-refractivity contribution in [3.05, 3.63) is 29.8 Å². The highest BCUT2D eigenvalue weighted by atomic mass is 16.5. The van der Waals surface area contributed by atoms with Gasteiger partial charge in [-0.25, -0.2) is 0 Å². The Morgan fingerprint density at radius 3 is 2.35 bits per heavy atom. The number of fused-ring (bicyclic) bond motifs is 1. The maximum absolute atomic E-state index is 13.6. The molecule has 3 rings (SSSR count). The topological polar surface area (TPSA) is 56.3 Å². The highest BCUT2D eigenvalue weighted by Gasteiger charge is 2.28. The van der Waals surface area contributed by atoms with E-state index in [1.54, 1.807) is 4.90 Å². The molecule has 1 atom stereocenters. The van der Waals surface area contributed by atoms with E-state index in [0.29, 0.717) is 30.4 Å². The molecule has 0 saturated carbocycles. The summed E-state index contributed by atoms with van der Waals surface area (Å²) in [5.74, 6) is 1.25. The van der Waals surface area contributed by atoms with Crippen molar-refractivity contribution in [3.63, 3.8) is 0 Å². The molecule has 1 aromatic carbocycles. The minimum absolute atomic E-state index is 0.00364. The molecule has 0 spiro atoms. The zero-order chi connectivity index (χ0) is 24.5. The monoisotopic (exact) mass is 472 g/mol. The zero-order valence-electron chi connectivity index (χ0n) is 21.7. The summed E-state index contributed by atoms with van der Waals surface area (Å²) in [4.78, 5) is 35.1. The van der Waals surface area contributed by atoms with Crippen molar-refractivity contribution in [2.24, 2.45) is 5.92 Å². The molecule has 0 N–H and O–H groups in total. The van der Waals surface area contributed by atoms with Crippen molar-refractivity contribution in [2.45, 2.75) is 52.0 Å². The van der Waals surface area contributed by atoms with Crippen LogP contribution in [0.15, 0.2) is 24.3 Å². The van der Waals surface area contributed by atoms with Gasteiger partial charge in [-0.1, -0.05) is 38.8 Å². The summed E-state index contributed by atoms with van der Waals surface area (Å²) in [7, 11) is 4.00. The number of ether oxygens (including phenoxy) is 1. The smallest absolute Gasteiger partial charge is 0.257 e. The van der Waals surface area contributed by atoms with Crippen molar-refractivity contribution in [1.29, 1.82) is 0 Å². The second kappa shape index (κ2) is 13.1. The third kappa shape index (κ3) is 7.70. The number of para-hydroxylation sites is 1. The van der Waals surface area contributed by atoms with Crippen LogP contribution in [0.4, 0.5) is 0 Å². The van der Waals surface area contributed by atoms with E-state index < -0.39 is 0 Å². The first kappa shape index (κ1) is 26.5. The number of rotatable bonds is 4. The van der Waals surface area contributed by atoms with Crippen molar-refractivity contribution < 1.29 is 14.3 Å². The van der Waals surface area contributed by atoms with Crippen LogP contribution in [0, 0.1) is 5.92 Å². The Morgan fingerprint density at radius 2 is 1.65 bits per heavy atom. The maximum Gasteiger partial charge on any atom is 0.257 e. The molecule has 1 fully saturated rings. The number of carbonyl (C=O) groups excluding carboxylic acids is 2. The average molecular weight is 473 g/mol. The van der Waals surface area contributed by atoms with Crippen LogP contribution in [0.2, 0.25) is 0 Å². The van der Waals surface area contributed by atoms with Crippen molar-refractivity contribution in [3.8, 4) is 5.75 Å². The average Bonchev–Trinajstić information content (AvgIpc) is 2.81. The minimum atomic E-state index is -0.0104. The van der Waals surface area contributed by atoms with Gasteiger partial charge >= 0.3 is 0 Å². The third-order valence-corrected chi connectivity index (χ3v) is 7.00. The van der Waals surface area contributed by atoms with Crippen LogP contribution in [0.1, 0.15) is 56.3 Å². The molecule has 2 aliphatic heterocycles. The number of piperazine rings is 1. The van der Waals surface area contributed by atoms with E-state index in [9.17, 15) is 9.59 Å².